The van der Waals surface area contributed by atoms with Gasteiger partial charge in [-0.3, -0.25) is 0 Å². The fourth-order valence-electron chi connectivity index (χ4n) is 1.86. The minimum atomic E-state index is -3.61. The van der Waals surface area contributed by atoms with E-state index in [0.29, 0.717) is 0 Å². The van der Waals surface area contributed by atoms with Gasteiger partial charge >= 0.3 is 0 Å². The maximum Gasteiger partial charge on any atom is 0.243 e. The van der Waals surface area contributed by atoms with Crippen molar-refractivity contribution in [2.75, 3.05) is 13.3 Å². The van der Waals surface area contributed by atoms with Crippen molar-refractivity contribution in [2.45, 2.75) is 16.3 Å². The summed E-state index contributed by atoms with van der Waals surface area (Å²) in [5.74, 6) is -0.454. The van der Waals surface area contributed by atoms with Gasteiger partial charge in [-0.05, 0) is 48.2 Å². The molecule has 0 saturated carbocycles. The van der Waals surface area contributed by atoms with Crippen molar-refractivity contribution in [3.63, 3.8) is 0 Å². The quantitative estimate of drug-likeness (QED) is 0.791. The highest BCUT2D eigenvalue weighted by atomic mass is 32.2. The maximum atomic E-state index is 12.9. The summed E-state index contributed by atoms with van der Waals surface area (Å²) in [7, 11) is -2.09. The van der Waals surface area contributed by atoms with Crippen LogP contribution in [0.2, 0.25) is 0 Å². The van der Waals surface area contributed by atoms with Crippen LogP contribution in [0.1, 0.15) is 5.56 Å². The lowest BCUT2D eigenvalue weighted by Gasteiger charge is -2.17. The Morgan fingerprint density at radius 1 is 1.05 bits per heavy atom. The van der Waals surface area contributed by atoms with Crippen molar-refractivity contribution in [3.8, 4) is 0 Å². The number of rotatable bonds is 5. The molecule has 0 radical (unpaired) electrons. The molecule has 0 atom stereocenters. The van der Waals surface area contributed by atoms with Gasteiger partial charge in [0.1, 0.15) is 5.82 Å². The van der Waals surface area contributed by atoms with E-state index in [4.69, 9.17) is 0 Å². The standard InChI is InChI=1S/C15H16FNO2S2/c1-17(11-12-3-7-14(20-2)8-4-12)21(18,19)15-9-5-13(16)6-10-15/h3-10H,11H2,1-2H3. The van der Waals surface area contributed by atoms with E-state index >= 15 is 0 Å². The molecule has 2 aromatic rings. The summed E-state index contributed by atoms with van der Waals surface area (Å²) in [5.41, 5.74) is 0.904. The van der Waals surface area contributed by atoms with Gasteiger partial charge in [0.15, 0.2) is 0 Å². The topological polar surface area (TPSA) is 37.4 Å². The second-order valence-corrected chi connectivity index (χ2v) is 7.49. The van der Waals surface area contributed by atoms with Crippen LogP contribution in [0.3, 0.4) is 0 Å². The number of halogens is 1. The second-order valence-electron chi connectivity index (χ2n) is 4.56. The first-order valence-electron chi connectivity index (χ1n) is 6.28. The Bertz CT molecular complexity index is 697. The summed E-state index contributed by atoms with van der Waals surface area (Å²) < 4.78 is 38.9. The molecule has 2 rings (SSSR count). The van der Waals surface area contributed by atoms with Gasteiger partial charge in [0, 0.05) is 18.5 Å². The van der Waals surface area contributed by atoms with Gasteiger partial charge in [-0.1, -0.05) is 12.1 Å². The number of thioether (sulfide) groups is 1. The zero-order valence-corrected chi connectivity index (χ0v) is 13.4. The van der Waals surface area contributed by atoms with Crippen LogP contribution in [0.25, 0.3) is 0 Å². The van der Waals surface area contributed by atoms with E-state index in [1.807, 2.05) is 30.5 Å². The van der Waals surface area contributed by atoms with Gasteiger partial charge < -0.3 is 0 Å². The van der Waals surface area contributed by atoms with Crippen LogP contribution in [-0.2, 0) is 16.6 Å². The summed E-state index contributed by atoms with van der Waals surface area (Å²) >= 11 is 1.63. The van der Waals surface area contributed by atoms with Crippen molar-refractivity contribution in [1.29, 1.82) is 0 Å². The Labute approximate surface area is 128 Å². The van der Waals surface area contributed by atoms with Gasteiger partial charge in [0.05, 0.1) is 4.90 Å². The van der Waals surface area contributed by atoms with Crippen molar-refractivity contribution in [1.82, 2.24) is 4.31 Å². The molecule has 0 aliphatic heterocycles. The average Bonchev–Trinajstić information content (AvgIpc) is 2.48. The Morgan fingerprint density at radius 2 is 1.62 bits per heavy atom. The lowest BCUT2D eigenvalue weighted by molar-refractivity contribution is 0.466. The molecule has 3 nitrogen and oxygen atoms in total. The van der Waals surface area contributed by atoms with E-state index < -0.39 is 15.8 Å². The maximum absolute atomic E-state index is 12.9. The van der Waals surface area contributed by atoms with E-state index in [9.17, 15) is 12.8 Å². The fraction of sp³-hybridized carbons (Fsp3) is 0.200. The average molecular weight is 325 g/mol. The molecule has 0 heterocycles. The minimum absolute atomic E-state index is 0.0899. The highest BCUT2D eigenvalue weighted by Gasteiger charge is 2.20. The molecule has 0 fully saturated rings. The highest BCUT2D eigenvalue weighted by Crippen LogP contribution is 2.19. The molecule has 0 unspecified atom stereocenters. The lowest BCUT2D eigenvalue weighted by Crippen LogP contribution is -2.26. The third-order valence-corrected chi connectivity index (χ3v) is 5.65. The van der Waals surface area contributed by atoms with Crippen molar-refractivity contribution >= 4 is 21.8 Å². The Morgan fingerprint density at radius 3 is 2.14 bits per heavy atom. The Kier molecular flexibility index (Phi) is 5.03. The number of nitrogens with zero attached hydrogens (tertiary/aromatic N) is 1. The molecular formula is C15H16FNO2S2. The highest BCUT2D eigenvalue weighted by molar-refractivity contribution is 7.98. The van der Waals surface area contributed by atoms with Gasteiger partial charge in [-0.2, -0.15) is 4.31 Å². The number of hydrogen-bond acceptors (Lipinski definition) is 3. The van der Waals surface area contributed by atoms with Gasteiger partial charge in [0.2, 0.25) is 10.0 Å². The number of hydrogen-bond donors (Lipinski definition) is 0. The molecule has 2 aromatic carbocycles. The fourth-order valence-corrected chi connectivity index (χ4v) is 3.43. The van der Waals surface area contributed by atoms with Crippen LogP contribution in [0.5, 0.6) is 0 Å². The molecule has 0 saturated heterocycles. The molecule has 0 amide bonds. The van der Waals surface area contributed by atoms with Crippen LogP contribution < -0.4 is 0 Å². The molecular weight excluding hydrogens is 309 g/mol. The molecule has 0 aromatic heterocycles. The predicted molar refractivity (Wildman–Crippen MR) is 83.3 cm³/mol. The van der Waals surface area contributed by atoms with Gasteiger partial charge in [0.25, 0.3) is 0 Å². The van der Waals surface area contributed by atoms with Crippen molar-refractivity contribution < 1.29 is 12.8 Å². The zero-order valence-electron chi connectivity index (χ0n) is 11.8. The minimum Gasteiger partial charge on any atom is -0.207 e. The van der Waals surface area contributed by atoms with E-state index in [1.54, 1.807) is 11.8 Å². The third-order valence-electron chi connectivity index (χ3n) is 3.09. The van der Waals surface area contributed by atoms with Crippen molar-refractivity contribution in [2.24, 2.45) is 0 Å². The molecule has 0 aliphatic rings. The van der Waals surface area contributed by atoms with Gasteiger partial charge in [-0.15, -0.1) is 11.8 Å². The summed E-state index contributed by atoms with van der Waals surface area (Å²) in [6.07, 6.45) is 1.99. The normalized spacial score (nSPS) is 11.8. The molecule has 21 heavy (non-hydrogen) atoms. The van der Waals surface area contributed by atoms with E-state index in [2.05, 4.69) is 0 Å². The van der Waals surface area contributed by atoms with Crippen LogP contribution in [-0.4, -0.2) is 26.0 Å². The summed E-state index contributed by atoms with van der Waals surface area (Å²) in [4.78, 5) is 1.22. The molecule has 0 spiro atoms. The largest absolute Gasteiger partial charge is 0.243 e. The molecule has 6 heteroatoms. The molecule has 0 bridgehead atoms. The first-order valence-corrected chi connectivity index (χ1v) is 8.95. The molecule has 112 valence electrons. The summed E-state index contributed by atoms with van der Waals surface area (Å²) in [6.45, 7) is 0.272. The molecule has 0 aliphatic carbocycles. The van der Waals surface area contributed by atoms with Crippen LogP contribution >= 0.6 is 11.8 Å². The Hall–Kier alpha value is -1.37. The van der Waals surface area contributed by atoms with E-state index in [1.165, 1.54) is 23.5 Å². The van der Waals surface area contributed by atoms with Gasteiger partial charge in [-0.25, -0.2) is 12.8 Å². The predicted octanol–water partition coefficient (Wildman–Crippen LogP) is 3.37. The number of sulfonamides is 1. The second kappa shape index (κ2) is 6.60. The first-order chi connectivity index (χ1) is 9.93. The monoisotopic (exact) mass is 325 g/mol. The Balaban J connectivity index is 2.17. The number of benzene rings is 2. The van der Waals surface area contributed by atoms with Crippen LogP contribution in [0.4, 0.5) is 4.39 Å². The SMILES string of the molecule is CSc1ccc(CN(C)S(=O)(=O)c2ccc(F)cc2)cc1. The molecule has 0 N–H and O–H groups in total. The summed E-state index contributed by atoms with van der Waals surface area (Å²) in [6, 6.07) is 12.6. The third kappa shape index (κ3) is 3.84. The zero-order chi connectivity index (χ0) is 15.5. The summed E-state index contributed by atoms with van der Waals surface area (Å²) in [5, 5.41) is 0. The van der Waals surface area contributed by atoms with E-state index in [0.717, 1.165) is 22.6 Å². The van der Waals surface area contributed by atoms with E-state index in [-0.39, 0.29) is 11.4 Å². The van der Waals surface area contributed by atoms with Crippen LogP contribution in [0, 0.1) is 5.82 Å². The smallest absolute Gasteiger partial charge is 0.207 e. The first kappa shape index (κ1) is 16.0. The van der Waals surface area contributed by atoms with Crippen molar-refractivity contribution in [3.05, 3.63) is 59.9 Å². The lowest BCUT2D eigenvalue weighted by atomic mass is 10.2. The van der Waals surface area contributed by atoms with Crippen LogP contribution in [0.15, 0.2) is 58.3 Å².